The predicted molar refractivity (Wildman–Crippen MR) is 58.0 cm³/mol. The lowest BCUT2D eigenvalue weighted by atomic mass is 9.83. The van der Waals surface area contributed by atoms with Crippen LogP contribution in [0.1, 0.15) is 26.2 Å². The fraction of sp³-hybridized carbons (Fsp3) is 0.727. The second kappa shape index (κ2) is 5.15. The van der Waals surface area contributed by atoms with Crippen molar-refractivity contribution in [3.8, 4) is 0 Å². The Hall–Kier alpha value is -0.830. The number of carbonyl (C=O) groups excluding carboxylic acids is 1. The van der Waals surface area contributed by atoms with Gasteiger partial charge in [0.2, 0.25) is 5.91 Å². The van der Waals surface area contributed by atoms with Crippen molar-refractivity contribution in [3.05, 3.63) is 12.7 Å². The Morgan fingerprint density at radius 3 is 3.07 bits per heavy atom. The molecule has 3 nitrogen and oxygen atoms in total. The molecule has 1 aliphatic rings. The molecule has 1 unspecified atom stereocenters. The van der Waals surface area contributed by atoms with Crippen LogP contribution < -0.4 is 10.6 Å². The summed E-state index contributed by atoms with van der Waals surface area (Å²) in [5, 5.41) is 6.30. The Morgan fingerprint density at radius 1 is 1.71 bits per heavy atom. The molecule has 1 aliphatic heterocycles. The van der Waals surface area contributed by atoms with E-state index in [9.17, 15) is 4.79 Å². The van der Waals surface area contributed by atoms with Crippen LogP contribution in [-0.2, 0) is 4.79 Å². The van der Waals surface area contributed by atoms with E-state index >= 15 is 0 Å². The van der Waals surface area contributed by atoms with Gasteiger partial charge in [0.25, 0.3) is 0 Å². The Morgan fingerprint density at radius 2 is 2.50 bits per heavy atom. The van der Waals surface area contributed by atoms with Crippen molar-refractivity contribution < 1.29 is 4.79 Å². The molecule has 0 aliphatic carbocycles. The van der Waals surface area contributed by atoms with Gasteiger partial charge >= 0.3 is 0 Å². The van der Waals surface area contributed by atoms with Gasteiger partial charge in [0.05, 0.1) is 0 Å². The molecule has 14 heavy (non-hydrogen) atoms. The molecule has 1 heterocycles. The van der Waals surface area contributed by atoms with Crippen LogP contribution in [0.2, 0.25) is 0 Å². The van der Waals surface area contributed by atoms with Crippen molar-refractivity contribution >= 4 is 5.91 Å². The van der Waals surface area contributed by atoms with E-state index in [0.29, 0.717) is 6.42 Å². The Labute approximate surface area is 86.0 Å². The molecule has 0 bridgehead atoms. The summed E-state index contributed by atoms with van der Waals surface area (Å²) in [5.41, 5.74) is 0.231. The fourth-order valence-corrected chi connectivity index (χ4v) is 1.78. The van der Waals surface area contributed by atoms with Crippen molar-refractivity contribution in [1.82, 2.24) is 10.6 Å². The van der Waals surface area contributed by atoms with E-state index in [1.165, 1.54) is 12.8 Å². The lowest BCUT2D eigenvalue weighted by molar-refractivity contribution is -0.120. The maximum absolute atomic E-state index is 11.2. The van der Waals surface area contributed by atoms with Crippen LogP contribution in [0.5, 0.6) is 0 Å². The number of rotatable bonds is 4. The van der Waals surface area contributed by atoms with Gasteiger partial charge in [0.1, 0.15) is 0 Å². The van der Waals surface area contributed by atoms with Crippen LogP contribution in [0.3, 0.4) is 0 Å². The maximum Gasteiger partial charge on any atom is 0.223 e. The molecular formula is C11H20N2O. The normalized spacial score (nSPS) is 26.9. The lowest BCUT2D eigenvalue weighted by Gasteiger charge is -2.34. The molecule has 0 spiro atoms. The van der Waals surface area contributed by atoms with Crippen LogP contribution in [0.25, 0.3) is 0 Å². The van der Waals surface area contributed by atoms with E-state index in [1.54, 1.807) is 6.08 Å². The van der Waals surface area contributed by atoms with Crippen LogP contribution in [0.15, 0.2) is 12.7 Å². The second-order valence-electron chi connectivity index (χ2n) is 4.36. The topological polar surface area (TPSA) is 41.1 Å². The fourth-order valence-electron chi connectivity index (χ4n) is 1.78. The molecule has 2 N–H and O–H groups in total. The summed E-state index contributed by atoms with van der Waals surface area (Å²) in [6, 6.07) is 0. The first-order chi connectivity index (χ1) is 6.66. The van der Waals surface area contributed by atoms with Crippen molar-refractivity contribution in [2.45, 2.75) is 26.2 Å². The van der Waals surface area contributed by atoms with Gasteiger partial charge in [-0.25, -0.2) is 0 Å². The zero-order chi connectivity index (χ0) is 10.4. The second-order valence-corrected chi connectivity index (χ2v) is 4.36. The Bertz CT molecular complexity index is 207. The number of piperidine rings is 1. The van der Waals surface area contributed by atoms with Crippen LogP contribution >= 0.6 is 0 Å². The molecule has 1 amide bonds. The third-order valence-corrected chi connectivity index (χ3v) is 2.73. The Kier molecular flexibility index (Phi) is 4.14. The van der Waals surface area contributed by atoms with Gasteiger partial charge in [-0.05, 0) is 24.8 Å². The molecule has 1 saturated heterocycles. The highest BCUT2D eigenvalue weighted by Crippen LogP contribution is 2.23. The maximum atomic E-state index is 11.2. The summed E-state index contributed by atoms with van der Waals surface area (Å²) in [4.78, 5) is 11.2. The minimum Gasteiger partial charge on any atom is -0.355 e. The average molecular weight is 196 g/mol. The van der Waals surface area contributed by atoms with Crippen molar-refractivity contribution in [1.29, 1.82) is 0 Å². The zero-order valence-corrected chi connectivity index (χ0v) is 8.94. The molecule has 0 aromatic carbocycles. The molecule has 80 valence electrons. The largest absolute Gasteiger partial charge is 0.355 e. The van der Waals surface area contributed by atoms with E-state index in [1.807, 2.05) is 0 Å². The number of amides is 1. The molecule has 0 aromatic rings. The summed E-state index contributed by atoms with van der Waals surface area (Å²) < 4.78 is 0. The minimum absolute atomic E-state index is 0.0757. The lowest BCUT2D eigenvalue weighted by Crippen LogP contribution is -2.45. The molecule has 0 saturated carbocycles. The molecule has 3 heteroatoms. The summed E-state index contributed by atoms with van der Waals surface area (Å²) in [5.74, 6) is 0.0757. The minimum atomic E-state index is 0.0757. The van der Waals surface area contributed by atoms with Gasteiger partial charge in [-0.1, -0.05) is 13.0 Å². The SMILES string of the molecule is C=CCC(=O)NCC1(C)CCCNC1. The first-order valence-electron chi connectivity index (χ1n) is 5.25. The van der Waals surface area contributed by atoms with E-state index in [-0.39, 0.29) is 11.3 Å². The molecule has 0 aromatic heterocycles. The van der Waals surface area contributed by atoms with Gasteiger partial charge in [0, 0.05) is 19.5 Å². The van der Waals surface area contributed by atoms with Gasteiger partial charge in [-0.2, -0.15) is 0 Å². The van der Waals surface area contributed by atoms with E-state index in [0.717, 1.165) is 19.6 Å². The molecule has 1 atom stereocenters. The summed E-state index contributed by atoms with van der Waals surface area (Å²) in [6.45, 7) is 8.63. The molecular weight excluding hydrogens is 176 g/mol. The first kappa shape index (κ1) is 11.2. The quantitative estimate of drug-likeness (QED) is 0.660. The highest BCUT2D eigenvalue weighted by atomic mass is 16.1. The van der Waals surface area contributed by atoms with E-state index in [2.05, 4.69) is 24.1 Å². The third kappa shape index (κ3) is 3.50. The number of nitrogens with one attached hydrogen (secondary N) is 2. The molecule has 1 rings (SSSR count). The van der Waals surface area contributed by atoms with Gasteiger partial charge in [-0.3, -0.25) is 4.79 Å². The van der Waals surface area contributed by atoms with Gasteiger partial charge < -0.3 is 10.6 Å². The summed E-state index contributed by atoms with van der Waals surface area (Å²) in [6.07, 6.45) is 4.45. The Balaban J connectivity index is 2.27. The van der Waals surface area contributed by atoms with Gasteiger partial charge in [-0.15, -0.1) is 6.58 Å². The standard InChI is InChI=1S/C11H20N2O/c1-3-5-10(14)13-9-11(2)6-4-7-12-8-11/h3,12H,1,4-9H2,2H3,(H,13,14). The highest BCUT2D eigenvalue weighted by molar-refractivity contribution is 5.77. The van der Waals surface area contributed by atoms with E-state index in [4.69, 9.17) is 0 Å². The molecule has 0 radical (unpaired) electrons. The van der Waals surface area contributed by atoms with Crippen LogP contribution in [0, 0.1) is 5.41 Å². The van der Waals surface area contributed by atoms with Crippen molar-refractivity contribution in [2.24, 2.45) is 5.41 Å². The first-order valence-corrected chi connectivity index (χ1v) is 5.25. The van der Waals surface area contributed by atoms with E-state index < -0.39 is 0 Å². The summed E-state index contributed by atoms with van der Waals surface area (Å²) in [7, 11) is 0. The van der Waals surface area contributed by atoms with Crippen molar-refractivity contribution in [2.75, 3.05) is 19.6 Å². The third-order valence-electron chi connectivity index (χ3n) is 2.73. The number of hydrogen-bond acceptors (Lipinski definition) is 2. The monoisotopic (exact) mass is 196 g/mol. The summed E-state index contributed by atoms with van der Waals surface area (Å²) >= 11 is 0. The van der Waals surface area contributed by atoms with Crippen molar-refractivity contribution in [3.63, 3.8) is 0 Å². The molecule has 1 fully saturated rings. The zero-order valence-electron chi connectivity index (χ0n) is 8.94. The number of hydrogen-bond donors (Lipinski definition) is 2. The number of carbonyl (C=O) groups is 1. The van der Waals surface area contributed by atoms with Crippen LogP contribution in [-0.4, -0.2) is 25.5 Å². The predicted octanol–water partition coefficient (Wildman–Crippen LogP) is 1.07. The van der Waals surface area contributed by atoms with Gasteiger partial charge in [0.15, 0.2) is 0 Å². The van der Waals surface area contributed by atoms with Crippen LogP contribution in [0.4, 0.5) is 0 Å². The average Bonchev–Trinajstić information content (AvgIpc) is 2.17. The smallest absolute Gasteiger partial charge is 0.223 e. The highest BCUT2D eigenvalue weighted by Gasteiger charge is 2.26.